The van der Waals surface area contributed by atoms with Gasteiger partial charge in [-0.15, -0.1) is 0 Å². The number of H-pyrrole nitrogens is 1. The number of aromatic nitrogens is 1. The summed E-state index contributed by atoms with van der Waals surface area (Å²) in [6.07, 6.45) is 9.24. The number of amides is 1. The number of pyridine rings is 1. The molecule has 1 N–H and O–H groups in total. The third kappa shape index (κ3) is 3.14. The number of carbonyl (C=O) groups is 1. The van der Waals surface area contributed by atoms with Crippen molar-refractivity contribution in [2.24, 2.45) is 11.8 Å². The topological polar surface area (TPSA) is 56.4 Å². The lowest BCUT2D eigenvalue weighted by Crippen LogP contribution is -2.64. The highest BCUT2D eigenvalue weighted by atomic mass is 16.2. The summed E-state index contributed by atoms with van der Waals surface area (Å²) < 4.78 is 0. The Hall–Kier alpha value is -1.62. The molecule has 0 unspecified atom stereocenters. The SMILES string of the molecule is CCC[C@H]1[C@H]2C[C@H](CN(C(=O)c3ccc(=O)[nH]c3)C2)[C@@H]2CCCCN21. The predicted octanol–water partition coefficient (Wildman–Crippen LogP) is 2.49. The van der Waals surface area contributed by atoms with Gasteiger partial charge >= 0.3 is 0 Å². The van der Waals surface area contributed by atoms with E-state index in [1.165, 1.54) is 51.1 Å². The zero-order chi connectivity index (χ0) is 17.4. The van der Waals surface area contributed by atoms with Gasteiger partial charge in [-0.25, -0.2) is 0 Å². The second-order valence-electron chi connectivity index (χ2n) is 8.06. The minimum absolute atomic E-state index is 0.0745. The van der Waals surface area contributed by atoms with Crippen LogP contribution in [0.15, 0.2) is 23.1 Å². The van der Waals surface area contributed by atoms with E-state index in [2.05, 4.69) is 21.7 Å². The van der Waals surface area contributed by atoms with Crippen LogP contribution in [0, 0.1) is 11.8 Å². The first-order valence-electron chi connectivity index (χ1n) is 9.91. The van der Waals surface area contributed by atoms with Gasteiger partial charge in [-0.2, -0.15) is 0 Å². The summed E-state index contributed by atoms with van der Waals surface area (Å²) in [4.78, 5) is 31.7. The molecular weight excluding hydrogens is 314 g/mol. The standard InChI is InChI=1S/C20H29N3O2/c1-2-5-17-15-10-16(18-6-3-4-9-23(17)18)13-22(12-15)20(25)14-7-8-19(24)21-11-14/h7-8,11,15-18H,2-6,9-10,12-13H2,1H3,(H,21,24)/t15-,16+,17-,18-/m0/s1. The summed E-state index contributed by atoms with van der Waals surface area (Å²) in [5.41, 5.74) is 0.444. The maximum atomic E-state index is 13.0. The van der Waals surface area contributed by atoms with Gasteiger partial charge in [0.15, 0.2) is 0 Å². The fourth-order valence-electron chi connectivity index (χ4n) is 5.49. The lowest BCUT2D eigenvalue weighted by Gasteiger charge is -2.57. The molecule has 3 saturated heterocycles. The average molecular weight is 343 g/mol. The number of aromatic amines is 1. The van der Waals surface area contributed by atoms with Crippen molar-refractivity contribution in [2.45, 2.75) is 57.5 Å². The Bertz CT molecular complexity index is 665. The number of likely N-dealkylation sites (tertiary alicyclic amines) is 1. The Morgan fingerprint density at radius 1 is 1.24 bits per heavy atom. The summed E-state index contributed by atoms with van der Waals surface area (Å²) >= 11 is 0. The molecule has 1 aromatic heterocycles. The van der Waals surface area contributed by atoms with Crippen molar-refractivity contribution in [3.63, 3.8) is 0 Å². The molecule has 2 bridgehead atoms. The molecule has 1 amide bonds. The van der Waals surface area contributed by atoms with Gasteiger partial charge in [0.1, 0.15) is 0 Å². The van der Waals surface area contributed by atoms with Crippen LogP contribution in [0.4, 0.5) is 0 Å². The van der Waals surface area contributed by atoms with Crippen molar-refractivity contribution in [1.82, 2.24) is 14.8 Å². The first-order valence-corrected chi connectivity index (χ1v) is 9.91. The number of nitrogens with zero attached hydrogens (tertiary/aromatic N) is 2. The van der Waals surface area contributed by atoms with Gasteiger partial charge in [0.25, 0.3) is 5.91 Å². The quantitative estimate of drug-likeness (QED) is 0.917. The molecule has 0 aromatic carbocycles. The van der Waals surface area contributed by atoms with E-state index in [4.69, 9.17) is 0 Å². The highest BCUT2D eigenvalue weighted by Gasteiger charge is 2.47. The van der Waals surface area contributed by atoms with Crippen molar-refractivity contribution < 1.29 is 4.79 Å². The zero-order valence-electron chi connectivity index (χ0n) is 15.1. The second-order valence-corrected chi connectivity index (χ2v) is 8.06. The number of rotatable bonds is 3. The van der Waals surface area contributed by atoms with E-state index >= 15 is 0 Å². The second kappa shape index (κ2) is 6.94. The smallest absolute Gasteiger partial charge is 0.255 e. The molecule has 4 heterocycles. The number of piperidine rings is 3. The fourth-order valence-corrected chi connectivity index (χ4v) is 5.49. The predicted molar refractivity (Wildman–Crippen MR) is 97.6 cm³/mol. The number of fused-ring (bicyclic) bond motifs is 4. The average Bonchev–Trinajstić information content (AvgIpc) is 2.65. The molecule has 1 aromatic rings. The summed E-state index contributed by atoms with van der Waals surface area (Å²) in [5, 5.41) is 0. The van der Waals surface area contributed by atoms with Gasteiger partial charge in [0, 0.05) is 37.4 Å². The largest absolute Gasteiger partial charge is 0.338 e. The van der Waals surface area contributed by atoms with Crippen LogP contribution in [0.5, 0.6) is 0 Å². The minimum atomic E-state index is -0.159. The molecular formula is C20H29N3O2. The Balaban J connectivity index is 1.56. The number of hydrogen-bond acceptors (Lipinski definition) is 3. The van der Waals surface area contributed by atoms with Crippen LogP contribution in [0.3, 0.4) is 0 Å². The Kier molecular flexibility index (Phi) is 4.67. The summed E-state index contributed by atoms with van der Waals surface area (Å²) in [6, 6.07) is 4.40. The van der Waals surface area contributed by atoms with Gasteiger partial charge in [0.05, 0.1) is 5.56 Å². The summed E-state index contributed by atoms with van der Waals surface area (Å²) in [7, 11) is 0. The number of carbonyl (C=O) groups excluding carboxylic acids is 1. The molecule has 0 aliphatic carbocycles. The first-order chi connectivity index (χ1) is 12.2. The van der Waals surface area contributed by atoms with Gasteiger partial charge in [-0.3, -0.25) is 14.5 Å². The molecule has 3 fully saturated rings. The van der Waals surface area contributed by atoms with Crippen molar-refractivity contribution in [3.8, 4) is 0 Å². The van der Waals surface area contributed by atoms with Crippen molar-refractivity contribution in [3.05, 3.63) is 34.2 Å². The molecule has 25 heavy (non-hydrogen) atoms. The van der Waals surface area contributed by atoms with E-state index in [9.17, 15) is 9.59 Å². The Morgan fingerprint density at radius 3 is 2.84 bits per heavy atom. The third-order valence-electron chi connectivity index (χ3n) is 6.52. The van der Waals surface area contributed by atoms with E-state index in [-0.39, 0.29) is 11.5 Å². The normalized spacial score (nSPS) is 32.3. The third-order valence-corrected chi connectivity index (χ3v) is 6.52. The van der Waals surface area contributed by atoms with Crippen molar-refractivity contribution in [1.29, 1.82) is 0 Å². The molecule has 136 valence electrons. The highest BCUT2D eigenvalue weighted by molar-refractivity contribution is 5.94. The van der Waals surface area contributed by atoms with Crippen LogP contribution >= 0.6 is 0 Å². The van der Waals surface area contributed by atoms with Crippen LogP contribution in [-0.2, 0) is 0 Å². The summed E-state index contributed by atoms with van der Waals surface area (Å²) in [6.45, 7) is 5.25. The molecule has 0 spiro atoms. The first kappa shape index (κ1) is 16.8. The Morgan fingerprint density at radius 2 is 2.08 bits per heavy atom. The van der Waals surface area contributed by atoms with E-state index in [0.717, 1.165) is 13.1 Å². The maximum Gasteiger partial charge on any atom is 0.255 e. The molecule has 0 radical (unpaired) electrons. The highest BCUT2D eigenvalue weighted by Crippen LogP contribution is 2.42. The van der Waals surface area contributed by atoms with Gasteiger partial charge in [-0.1, -0.05) is 19.8 Å². The zero-order valence-corrected chi connectivity index (χ0v) is 15.1. The lowest BCUT2D eigenvalue weighted by atomic mass is 9.71. The molecule has 3 aliphatic heterocycles. The minimum Gasteiger partial charge on any atom is -0.338 e. The van der Waals surface area contributed by atoms with E-state index < -0.39 is 0 Å². The van der Waals surface area contributed by atoms with E-state index in [1.54, 1.807) is 12.3 Å². The molecule has 5 heteroatoms. The monoisotopic (exact) mass is 343 g/mol. The molecule has 4 atom stereocenters. The molecule has 4 rings (SSSR count). The van der Waals surface area contributed by atoms with Gasteiger partial charge in [0.2, 0.25) is 5.56 Å². The fraction of sp³-hybridized carbons (Fsp3) is 0.700. The van der Waals surface area contributed by atoms with Crippen LogP contribution in [0.25, 0.3) is 0 Å². The van der Waals surface area contributed by atoms with Gasteiger partial charge < -0.3 is 9.88 Å². The van der Waals surface area contributed by atoms with Crippen molar-refractivity contribution >= 4 is 5.91 Å². The van der Waals surface area contributed by atoms with Crippen LogP contribution < -0.4 is 5.56 Å². The van der Waals surface area contributed by atoms with Gasteiger partial charge in [-0.05, 0) is 50.1 Å². The lowest BCUT2D eigenvalue weighted by molar-refractivity contribution is -0.0670. The van der Waals surface area contributed by atoms with Crippen LogP contribution in [-0.4, -0.2) is 52.4 Å². The summed E-state index contributed by atoms with van der Waals surface area (Å²) in [5.74, 6) is 1.28. The van der Waals surface area contributed by atoms with Crippen LogP contribution in [0.1, 0.15) is 55.8 Å². The molecule has 0 saturated carbocycles. The number of nitrogens with one attached hydrogen (secondary N) is 1. The Labute approximate surface area is 149 Å². The van der Waals surface area contributed by atoms with Crippen molar-refractivity contribution in [2.75, 3.05) is 19.6 Å². The maximum absolute atomic E-state index is 13.0. The van der Waals surface area contributed by atoms with E-state index in [0.29, 0.717) is 29.5 Å². The molecule has 3 aliphatic rings. The molecule has 5 nitrogen and oxygen atoms in total. The van der Waals surface area contributed by atoms with Crippen LogP contribution in [0.2, 0.25) is 0 Å². The number of hydrogen-bond donors (Lipinski definition) is 1. The van der Waals surface area contributed by atoms with E-state index in [1.807, 2.05) is 0 Å².